The number of nitrogens with zero attached hydrogens (tertiary/aromatic N) is 10. The standard InChI is InChI=1S/C29H33N11O6S/c1-37-22(17-34-29(37)40(41)42)18-39(47(2,43)44)21-11-24-25(31-16-21)12-26(38-7-9-45-10-8-38)36-27(24)46-23-5-3-20(4-6-23)35-28-32-14-19(13-30)15-33-28/h11-12,14-17,20,23H,3-10,18H2,1-2H3,(H,32,33,35). The third-order valence-corrected chi connectivity index (χ3v) is 9.38. The molecule has 246 valence electrons. The summed E-state index contributed by atoms with van der Waals surface area (Å²) in [4.78, 5) is 34.6. The quantitative estimate of drug-likeness (QED) is 0.191. The summed E-state index contributed by atoms with van der Waals surface area (Å²) in [5.41, 5.74) is 1.56. The molecule has 0 spiro atoms. The van der Waals surface area contributed by atoms with Gasteiger partial charge in [0.1, 0.15) is 29.9 Å². The van der Waals surface area contributed by atoms with Gasteiger partial charge in [0.05, 0.1) is 73.8 Å². The molecule has 4 aromatic heterocycles. The van der Waals surface area contributed by atoms with Crippen LogP contribution in [0.1, 0.15) is 36.9 Å². The maximum Gasteiger partial charge on any atom is 0.434 e. The summed E-state index contributed by atoms with van der Waals surface area (Å²) in [5, 5.41) is 24.2. The molecule has 47 heavy (non-hydrogen) atoms. The van der Waals surface area contributed by atoms with Crippen molar-refractivity contribution in [1.82, 2.24) is 29.5 Å². The van der Waals surface area contributed by atoms with E-state index < -0.39 is 20.9 Å². The Hall–Kier alpha value is -5.15. The lowest BCUT2D eigenvalue weighted by Crippen LogP contribution is -2.37. The Balaban J connectivity index is 1.28. The fourth-order valence-corrected chi connectivity index (χ4v) is 6.52. The molecule has 1 aliphatic carbocycles. The lowest BCUT2D eigenvalue weighted by Gasteiger charge is -2.31. The molecule has 0 unspecified atom stereocenters. The summed E-state index contributed by atoms with van der Waals surface area (Å²) in [5.74, 6) is 1.10. The Labute approximate surface area is 270 Å². The predicted molar refractivity (Wildman–Crippen MR) is 171 cm³/mol. The number of nitriles is 1. The van der Waals surface area contributed by atoms with Gasteiger partial charge in [-0.05, 0) is 36.7 Å². The van der Waals surface area contributed by atoms with Gasteiger partial charge in [-0.25, -0.2) is 23.0 Å². The zero-order valence-electron chi connectivity index (χ0n) is 25.8. The molecule has 1 aliphatic heterocycles. The Morgan fingerprint density at radius 2 is 1.83 bits per heavy atom. The Kier molecular flexibility index (Phi) is 9.00. The van der Waals surface area contributed by atoms with Crippen LogP contribution in [0.3, 0.4) is 0 Å². The minimum absolute atomic E-state index is 0.131. The van der Waals surface area contributed by atoms with Crippen LogP contribution >= 0.6 is 0 Å². The number of rotatable bonds is 10. The van der Waals surface area contributed by atoms with Gasteiger partial charge in [0.2, 0.25) is 21.9 Å². The van der Waals surface area contributed by atoms with Gasteiger partial charge in [0.25, 0.3) is 0 Å². The van der Waals surface area contributed by atoms with Gasteiger partial charge < -0.3 is 29.8 Å². The number of aromatic nitrogens is 6. The van der Waals surface area contributed by atoms with Gasteiger partial charge in [-0.3, -0.25) is 9.29 Å². The fraction of sp³-hybridized carbons (Fsp3) is 0.448. The third kappa shape index (κ3) is 7.15. The van der Waals surface area contributed by atoms with Gasteiger partial charge in [-0.1, -0.05) is 4.98 Å². The number of nitro groups is 1. The molecule has 4 aromatic rings. The van der Waals surface area contributed by atoms with Crippen molar-refractivity contribution in [1.29, 1.82) is 5.26 Å². The first-order valence-corrected chi connectivity index (χ1v) is 16.9. The molecule has 17 nitrogen and oxygen atoms in total. The van der Waals surface area contributed by atoms with E-state index in [4.69, 9.17) is 19.7 Å². The summed E-state index contributed by atoms with van der Waals surface area (Å²) < 4.78 is 40.5. The molecular formula is C29H33N11O6S. The summed E-state index contributed by atoms with van der Waals surface area (Å²) in [6, 6.07) is 5.67. The number of fused-ring (bicyclic) bond motifs is 1. The molecule has 5 heterocycles. The van der Waals surface area contributed by atoms with Crippen LogP contribution in [-0.2, 0) is 28.4 Å². The lowest BCUT2D eigenvalue weighted by molar-refractivity contribution is -0.396. The molecule has 6 rings (SSSR count). The molecular weight excluding hydrogens is 630 g/mol. The first-order chi connectivity index (χ1) is 22.6. The van der Waals surface area contributed by atoms with Crippen LogP contribution in [0.25, 0.3) is 10.9 Å². The number of morpholine rings is 1. The van der Waals surface area contributed by atoms with E-state index in [2.05, 4.69) is 30.2 Å². The lowest BCUT2D eigenvalue weighted by atomic mass is 9.93. The van der Waals surface area contributed by atoms with Crippen molar-refractivity contribution in [3.8, 4) is 11.9 Å². The van der Waals surface area contributed by atoms with Crippen molar-refractivity contribution in [2.24, 2.45) is 7.05 Å². The molecule has 1 saturated heterocycles. The van der Waals surface area contributed by atoms with Crippen LogP contribution < -0.4 is 19.3 Å². The highest BCUT2D eigenvalue weighted by atomic mass is 32.2. The smallest absolute Gasteiger partial charge is 0.434 e. The molecule has 1 saturated carbocycles. The molecule has 0 aromatic carbocycles. The molecule has 0 atom stereocenters. The second-order valence-electron chi connectivity index (χ2n) is 11.4. The first-order valence-electron chi connectivity index (χ1n) is 15.0. The van der Waals surface area contributed by atoms with Crippen LogP contribution in [-0.4, -0.2) is 87.5 Å². The maximum atomic E-state index is 13.0. The SMILES string of the molecule is Cn1c(CN(c2cnc3cc(N4CCOCC4)nc(OC4CCC(Nc5ncc(C#N)cn5)CC4)c3c2)S(C)(=O)=O)cnc1[N+](=O)[O-]. The Morgan fingerprint density at radius 1 is 1.11 bits per heavy atom. The van der Waals surface area contributed by atoms with Gasteiger partial charge in [-0.15, -0.1) is 0 Å². The van der Waals surface area contributed by atoms with E-state index in [1.165, 1.54) is 36.4 Å². The monoisotopic (exact) mass is 663 g/mol. The number of nitrogens with one attached hydrogen (secondary N) is 1. The minimum Gasteiger partial charge on any atom is -0.474 e. The average molecular weight is 664 g/mol. The average Bonchev–Trinajstić information content (AvgIpc) is 3.44. The number of ether oxygens (including phenoxy) is 2. The van der Waals surface area contributed by atoms with E-state index in [0.717, 1.165) is 36.2 Å². The summed E-state index contributed by atoms with van der Waals surface area (Å²) in [6.07, 6.45) is 9.64. The number of hydrogen-bond donors (Lipinski definition) is 1. The number of pyridine rings is 2. The van der Waals surface area contributed by atoms with Crippen molar-refractivity contribution >= 4 is 44.3 Å². The van der Waals surface area contributed by atoms with Crippen molar-refractivity contribution in [3.63, 3.8) is 0 Å². The number of imidazole rings is 1. The normalized spacial score (nSPS) is 18.4. The number of hydrogen-bond acceptors (Lipinski definition) is 14. The van der Waals surface area contributed by atoms with Crippen LogP contribution in [0.4, 0.5) is 23.4 Å². The maximum absolute atomic E-state index is 13.0. The van der Waals surface area contributed by atoms with Crippen LogP contribution in [0.15, 0.2) is 36.9 Å². The van der Waals surface area contributed by atoms with Gasteiger partial charge >= 0.3 is 5.95 Å². The van der Waals surface area contributed by atoms with Crippen LogP contribution in [0.5, 0.6) is 5.88 Å². The topological polar surface area (TPSA) is 207 Å². The first kappa shape index (κ1) is 31.8. The Bertz CT molecular complexity index is 1920. The second-order valence-corrected chi connectivity index (χ2v) is 13.3. The van der Waals surface area contributed by atoms with Gasteiger partial charge in [-0.2, -0.15) is 10.2 Å². The van der Waals surface area contributed by atoms with E-state index in [9.17, 15) is 18.5 Å². The number of anilines is 3. The summed E-state index contributed by atoms with van der Waals surface area (Å²) in [6.45, 7) is 2.25. The van der Waals surface area contributed by atoms with E-state index in [1.54, 1.807) is 6.07 Å². The van der Waals surface area contributed by atoms with Crippen molar-refractivity contribution < 1.29 is 22.8 Å². The zero-order chi connectivity index (χ0) is 33.1. The number of sulfonamides is 1. The summed E-state index contributed by atoms with van der Waals surface area (Å²) in [7, 11) is -2.39. The molecule has 1 N–H and O–H groups in total. The van der Waals surface area contributed by atoms with E-state index in [1.807, 2.05) is 12.1 Å². The molecule has 2 fully saturated rings. The Morgan fingerprint density at radius 3 is 2.47 bits per heavy atom. The largest absolute Gasteiger partial charge is 0.474 e. The molecule has 18 heteroatoms. The summed E-state index contributed by atoms with van der Waals surface area (Å²) >= 11 is 0. The highest BCUT2D eigenvalue weighted by Gasteiger charge is 2.28. The highest BCUT2D eigenvalue weighted by Crippen LogP contribution is 2.34. The van der Waals surface area contributed by atoms with E-state index >= 15 is 0 Å². The second kappa shape index (κ2) is 13.3. The van der Waals surface area contributed by atoms with E-state index in [-0.39, 0.29) is 24.4 Å². The van der Waals surface area contributed by atoms with Crippen LogP contribution in [0, 0.1) is 21.4 Å². The third-order valence-electron chi connectivity index (χ3n) is 8.24. The van der Waals surface area contributed by atoms with Gasteiger partial charge in [0.15, 0.2) is 0 Å². The predicted octanol–water partition coefficient (Wildman–Crippen LogP) is 2.54. The zero-order valence-corrected chi connectivity index (χ0v) is 26.6. The molecule has 0 amide bonds. The fourth-order valence-electron chi connectivity index (χ4n) is 5.67. The van der Waals surface area contributed by atoms with Crippen molar-refractivity contribution in [2.45, 2.75) is 44.4 Å². The van der Waals surface area contributed by atoms with Crippen LogP contribution in [0.2, 0.25) is 0 Å². The van der Waals surface area contributed by atoms with Gasteiger partial charge in [0, 0.05) is 25.2 Å². The molecule has 2 aliphatic rings. The molecule has 0 radical (unpaired) electrons. The van der Waals surface area contributed by atoms with Crippen molar-refractivity contribution in [3.05, 3.63) is 58.3 Å². The highest BCUT2D eigenvalue weighted by molar-refractivity contribution is 7.92. The molecule has 0 bridgehead atoms. The van der Waals surface area contributed by atoms with E-state index in [0.29, 0.717) is 66.1 Å². The minimum atomic E-state index is -3.85. The van der Waals surface area contributed by atoms with Crippen molar-refractivity contribution in [2.75, 3.05) is 47.1 Å².